The van der Waals surface area contributed by atoms with Crippen LogP contribution in [-0.2, 0) is 25.0 Å². The van der Waals surface area contributed by atoms with Crippen molar-refractivity contribution in [1.29, 1.82) is 0 Å². The van der Waals surface area contributed by atoms with Gasteiger partial charge in [-0.25, -0.2) is 4.79 Å². The number of ether oxygens (including phenoxy) is 1. The molecule has 7 nitrogen and oxygen atoms in total. The third-order valence-electron chi connectivity index (χ3n) is 2.86. The van der Waals surface area contributed by atoms with E-state index in [1.165, 1.54) is 4.90 Å². The SMILES string of the molecule is CCOP(=O)(CN(CCN)C(=O)OCc1ccccc1)OCC. The Labute approximate surface area is 137 Å². The van der Waals surface area contributed by atoms with Gasteiger partial charge in [-0.15, -0.1) is 0 Å². The highest BCUT2D eigenvalue weighted by molar-refractivity contribution is 7.53. The Bertz CT molecular complexity index is 502. The molecular weight excluding hydrogens is 319 g/mol. The number of hydrogen-bond donors (Lipinski definition) is 1. The van der Waals surface area contributed by atoms with Gasteiger partial charge < -0.3 is 19.5 Å². The van der Waals surface area contributed by atoms with Crippen LogP contribution in [0.5, 0.6) is 0 Å². The monoisotopic (exact) mass is 344 g/mol. The second kappa shape index (κ2) is 10.4. The fraction of sp³-hybridized carbons (Fsp3) is 0.533. The van der Waals surface area contributed by atoms with E-state index in [1.807, 2.05) is 30.3 Å². The Balaban J connectivity index is 2.68. The van der Waals surface area contributed by atoms with E-state index < -0.39 is 13.7 Å². The maximum atomic E-state index is 12.5. The van der Waals surface area contributed by atoms with Crippen LogP contribution in [0.1, 0.15) is 19.4 Å². The van der Waals surface area contributed by atoms with Gasteiger partial charge in [0, 0.05) is 13.1 Å². The maximum Gasteiger partial charge on any atom is 0.410 e. The van der Waals surface area contributed by atoms with E-state index in [9.17, 15) is 9.36 Å². The van der Waals surface area contributed by atoms with Gasteiger partial charge in [0.1, 0.15) is 12.9 Å². The topological polar surface area (TPSA) is 91.1 Å². The van der Waals surface area contributed by atoms with Gasteiger partial charge in [-0.3, -0.25) is 9.46 Å². The minimum absolute atomic E-state index is 0.133. The van der Waals surface area contributed by atoms with Gasteiger partial charge in [0.05, 0.1) is 13.2 Å². The Kier molecular flexibility index (Phi) is 8.87. The molecule has 0 fully saturated rings. The van der Waals surface area contributed by atoms with E-state index in [1.54, 1.807) is 13.8 Å². The van der Waals surface area contributed by atoms with Crippen LogP contribution in [0.2, 0.25) is 0 Å². The van der Waals surface area contributed by atoms with Crippen molar-refractivity contribution in [3.63, 3.8) is 0 Å². The number of nitrogens with zero attached hydrogens (tertiary/aromatic N) is 1. The van der Waals surface area contributed by atoms with Crippen molar-refractivity contribution in [3.8, 4) is 0 Å². The zero-order chi connectivity index (χ0) is 17.1. The largest absolute Gasteiger partial charge is 0.445 e. The van der Waals surface area contributed by atoms with Gasteiger partial charge in [-0.1, -0.05) is 30.3 Å². The first-order chi connectivity index (χ1) is 11.0. The molecule has 0 unspecified atom stereocenters. The Morgan fingerprint density at radius 3 is 2.30 bits per heavy atom. The van der Waals surface area contributed by atoms with Crippen LogP contribution in [-0.4, -0.2) is 43.6 Å². The fourth-order valence-corrected chi connectivity index (χ4v) is 3.61. The van der Waals surface area contributed by atoms with Crippen LogP contribution in [0.4, 0.5) is 4.79 Å². The summed E-state index contributed by atoms with van der Waals surface area (Å²) in [5.41, 5.74) is 6.39. The highest BCUT2D eigenvalue weighted by Gasteiger charge is 2.30. The number of nitrogens with two attached hydrogens (primary N) is 1. The first kappa shape index (κ1) is 19.6. The molecule has 130 valence electrons. The van der Waals surface area contributed by atoms with Crippen LogP contribution in [0.15, 0.2) is 30.3 Å². The zero-order valence-corrected chi connectivity index (χ0v) is 14.5. The molecule has 0 aromatic heterocycles. The standard InChI is InChI=1S/C15H25N2O5P/c1-3-21-23(19,22-4-2)13-17(11-10-16)15(18)20-12-14-8-6-5-7-9-14/h5-9H,3-4,10-13,16H2,1-2H3. The lowest BCUT2D eigenvalue weighted by Crippen LogP contribution is -2.37. The Morgan fingerprint density at radius 2 is 1.78 bits per heavy atom. The normalized spacial score (nSPS) is 11.3. The molecule has 1 amide bonds. The first-order valence-electron chi connectivity index (χ1n) is 7.58. The van der Waals surface area contributed by atoms with Gasteiger partial charge in [0.15, 0.2) is 0 Å². The molecule has 0 atom stereocenters. The summed E-state index contributed by atoms with van der Waals surface area (Å²) in [5.74, 6) is 0. The van der Waals surface area contributed by atoms with E-state index in [4.69, 9.17) is 19.5 Å². The molecule has 0 aliphatic rings. The van der Waals surface area contributed by atoms with Crippen LogP contribution >= 0.6 is 7.60 Å². The van der Waals surface area contributed by atoms with Crippen molar-refractivity contribution in [3.05, 3.63) is 35.9 Å². The number of carbonyl (C=O) groups excluding carboxylic acids is 1. The summed E-state index contributed by atoms with van der Waals surface area (Å²) in [5, 5.41) is 0. The number of benzene rings is 1. The zero-order valence-electron chi connectivity index (χ0n) is 13.6. The molecule has 8 heteroatoms. The summed E-state index contributed by atoms with van der Waals surface area (Å²) < 4.78 is 28.2. The van der Waals surface area contributed by atoms with E-state index in [0.29, 0.717) is 0 Å². The summed E-state index contributed by atoms with van der Waals surface area (Å²) in [6, 6.07) is 9.31. The number of amides is 1. The van der Waals surface area contributed by atoms with Gasteiger partial charge in [0.2, 0.25) is 0 Å². The molecule has 0 aliphatic carbocycles. The second-order valence-corrected chi connectivity index (χ2v) is 6.70. The average Bonchev–Trinajstić information content (AvgIpc) is 2.53. The van der Waals surface area contributed by atoms with Crippen LogP contribution in [0, 0.1) is 0 Å². The number of carbonyl (C=O) groups is 1. The van der Waals surface area contributed by atoms with E-state index >= 15 is 0 Å². The van der Waals surface area contributed by atoms with Crippen LogP contribution in [0.3, 0.4) is 0 Å². The molecule has 0 bridgehead atoms. The Hall–Kier alpha value is -1.40. The second-order valence-electron chi connectivity index (χ2n) is 4.68. The van der Waals surface area contributed by atoms with Gasteiger partial charge in [-0.05, 0) is 19.4 Å². The van der Waals surface area contributed by atoms with Crippen molar-refractivity contribution in [2.75, 3.05) is 32.6 Å². The minimum Gasteiger partial charge on any atom is -0.445 e. The third-order valence-corrected chi connectivity index (χ3v) is 4.85. The van der Waals surface area contributed by atoms with E-state index in [0.717, 1.165) is 5.56 Å². The summed E-state index contributed by atoms with van der Waals surface area (Å²) in [6.07, 6.45) is -0.779. The van der Waals surface area contributed by atoms with Crippen LogP contribution < -0.4 is 5.73 Å². The van der Waals surface area contributed by atoms with Crippen molar-refractivity contribution >= 4 is 13.7 Å². The molecule has 1 aromatic rings. The molecule has 0 saturated heterocycles. The molecule has 1 rings (SSSR count). The molecule has 23 heavy (non-hydrogen) atoms. The quantitative estimate of drug-likeness (QED) is 0.656. The van der Waals surface area contributed by atoms with Crippen molar-refractivity contribution < 1.29 is 23.1 Å². The molecule has 1 aromatic carbocycles. The van der Waals surface area contributed by atoms with Crippen molar-refractivity contribution in [2.45, 2.75) is 20.5 Å². The molecule has 0 radical (unpaired) electrons. The summed E-state index contributed by atoms with van der Waals surface area (Å²) in [4.78, 5) is 13.5. The molecular formula is C15H25N2O5P. The van der Waals surface area contributed by atoms with Gasteiger partial charge >= 0.3 is 13.7 Å². The highest BCUT2D eigenvalue weighted by Crippen LogP contribution is 2.48. The fourth-order valence-electron chi connectivity index (χ4n) is 1.91. The maximum absolute atomic E-state index is 12.5. The van der Waals surface area contributed by atoms with Crippen molar-refractivity contribution in [2.24, 2.45) is 5.73 Å². The average molecular weight is 344 g/mol. The molecule has 0 aliphatic heterocycles. The van der Waals surface area contributed by atoms with Gasteiger partial charge in [-0.2, -0.15) is 0 Å². The lowest BCUT2D eigenvalue weighted by atomic mass is 10.2. The summed E-state index contributed by atoms with van der Waals surface area (Å²) in [6.45, 7) is 4.45. The van der Waals surface area contributed by atoms with E-state index in [2.05, 4.69) is 0 Å². The third kappa shape index (κ3) is 7.14. The van der Waals surface area contributed by atoms with Gasteiger partial charge in [0.25, 0.3) is 0 Å². The lowest BCUT2D eigenvalue weighted by molar-refractivity contribution is 0.0982. The molecule has 0 heterocycles. The first-order valence-corrected chi connectivity index (χ1v) is 9.31. The number of rotatable bonds is 10. The minimum atomic E-state index is -3.39. The smallest absolute Gasteiger partial charge is 0.410 e. The summed E-state index contributed by atoms with van der Waals surface area (Å²) in [7, 11) is -3.39. The molecule has 2 N–H and O–H groups in total. The lowest BCUT2D eigenvalue weighted by Gasteiger charge is -2.26. The highest BCUT2D eigenvalue weighted by atomic mass is 31.2. The molecule has 0 spiro atoms. The van der Waals surface area contributed by atoms with E-state index in [-0.39, 0.29) is 39.2 Å². The molecule has 0 saturated carbocycles. The predicted octanol–water partition coefficient (Wildman–Crippen LogP) is 2.81. The van der Waals surface area contributed by atoms with Crippen LogP contribution in [0.25, 0.3) is 0 Å². The predicted molar refractivity (Wildman–Crippen MR) is 88.1 cm³/mol. The Morgan fingerprint density at radius 1 is 1.17 bits per heavy atom. The van der Waals surface area contributed by atoms with Crippen molar-refractivity contribution in [1.82, 2.24) is 4.90 Å². The summed E-state index contributed by atoms with van der Waals surface area (Å²) >= 11 is 0. The number of hydrogen-bond acceptors (Lipinski definition) is 6.